The molecule has 1 heterocycles. The van der Waals surface area contributed by atoms with E-state index in [1.165, 1.54) is 12.0 Å². The second-order valence-electron chi connectivity index (χ2n) is 3.02. The first-order valence-corrected chi connectivity index (χ1v) is 3.91. The molecule has 0 aromatic carbocycles. The lowest BCUT2D eigenvalue weighted by Gasteiger charge is -2.06. The van der Waals surface area contributed by atoms with Crippen LogP contribution in [0.3, 0.4) is 0 Å². The van der Waals surface area contributed by atoms with Gasteiger partial charge in [0.1, 0.15) is 5.76 Å². The van der Waals surface area contributed by atoms with Crippen molar-refractivity contribution >= 4 is 0 Å². The summed E-state index contributed by atoms with van der Waals surface area (Å²) < 4.78 is 5.46. The number of hydrogen-bond acceptors (Lipinski definition) is 1. The average molecular weight is 136 g/mol. The minimum absolute atomic E-state index is 0.631. The van der Waals surface area contributed by atoms with E-state index in [2.05, 4.69) is 19.1 Å². The van der Waals surface area contributed by atoms with E-state index < -0.39 is 0 Å². The number of allylic oxidation sites excluding steroid dienone is 3. The van der Waals surface area contributed by atoms with Gasteiger partial charge in [0.05, 0.1) is 6.61 Å². The Balaban J connectivity index is 2.31. The van der Waals surface area contributed by atoms with Gasteiger partial charge in [-0.2, -0.15) is 0 Å². The Morgan fingerprint density at radius 2 is 2.20 bits per heavy atom. The minimum atomic E-state index is 0.631. The van der Waals surface area contributed by atoms with Gasteiger partial charge in [-0.3, -0.25) is 0 Å². The summed E-state index contributed by atoms with van der Waals surface area (Å²) >= 11 is 0. The third kappa shape index (κ3) is 0.772. The molecule has 1 unspecified atom stereocenters. The predicted molar refractivity (Wildman–Crippen MR) is 40.5 cm³/mol. The highest BCUT2D eigenvalue weighted by molar-refractivity contribution is 5.33. The summed E-state index contributed by atoms with van der Waals surface area (Å²) in [6, 6.07) is 0. The van der Waals surface area contributed by atoms with Crippen LogP contribution in [0.1, 0.15) is 19.8 Å². The first-order valence-electron chi connectivity index (χ1n) is 3.91. The highest BCUT2D eigenvalue weighted by atomic mass is 16.5. The summed E-state index contributed by atoms with van der Waals surface area (Å²) in [7, 11) is 0. The SMILES string of the molecule is CC1COC2=CCCC=C21. The topological polar surface area (TPSA) is 9.23 Å². The second kappa shape index (κ2) is 2.15. The van der Waals surface area contributed by atoms with Crippen LogP contribution in [0.25, 0.3) is 0 Å². The monoisotopic (exact) mass is 136 g/mol. The zero-order chi connectivity index (χ0) is 6.97. The van der Waals surface area contributed by atoms with E-state index in [-0.39, 0.29) is 0 Å². The lowest BCUT2D eigenvalue weighted by molar-refractivity contribution is 0.244. The van der Waals surface area contributed by atoms with Gasteiger partial charge in [0, 0.05) is 5.92 Å². The third-order valence-corrected chi connectivity index (χ3v) is 2.16. The van der Waals surface area contributed by atoms with E-state index in [1.807, 2.05) is 0 Å². The summed E-state index contributed by atoms with van der Waals surface area (Å²) in [6.07, 6.45) is 6.88. The fraction of sp³-hybridized carbons (Fsp3) is 0.556. The molecule has 0 saturated carbocycles. The molecule has 0 radical (unpaired) electrons. The maximum Gasteiger partial charge on any atom is 0.118 e. The molecule has 1 fully saturated rings. The van der Waals surface area contributed by atoms with Gasteiger partial charge in [-0.15, -0.1) is 0 Å². The van der Waals surface area contributed by atoms with Crippen molar-refractivity contribution in [1.82, 2.24) is 0 Å². The van der Waals surface area contributed by atoms with Gasteiger partial charge >= 0.3 is 0 Å². The van der Waals surface area contributed by atoms with Gasteiger partial charge in [-0.1, -0.05) is 13.0 Å². The van der Waals surface area contributed by atoms with Crippen molar-refractivity contribution in [2.75, 3.05) is 6.61 Å². The molecule has 2 aliphatic rings. The van der Waals surface area contributed by atoms with E-state index in [0.717, 1.165) is 18.8 Å². The van der Waals surface area contributed by atoms with E-state index in [9.17, 15) is 0 Å². The van der Waals surface area contributed by atoms with Gasteiger partial charge in [0.25, 0.3) is 0 Å². The molecule has 1 aliphatic carbocycles. The summed E-state index contributed by atoms with van der Waals surface area (Å²) in [6.45, 7) is 3.11. The Hall–Kier alpha value is -0.720. The van der Waals surface area contributed by atoms with Crippen molar-refractivity contribution in [3.05, 3.63) is 23.5 Å². The fourth-order valence-corrected chi connectivity index (χ4v) is 1.56. The zero-order valence-electron chi connectivity index (χ0n) is 6.26. The van der Waals surface area contributed by atoms with Crippen LogP contribution in [0.4, 0.5) is 0 Å². The van der Waals surface area contributed by atoms with Crippen LogP contribution in [0.15, 0.2) is 23.5 Å². The van der Waals surface area contributed by atoms with Crippen molar-refractivity contribution in [1.29, 1.82) is 0 Å². The summed E-state index contributed by atoms with van der Waals surface area (Å²) in [5, 5.41) is 0. The molecule has 0 aromatic heterocycles. The molecule has 1 aliphatic heterocycles. The van der Waals surface area contributed by atoms with Gasteiger partial charge in [0.2, 0.25) is 0 Å². The van der Waals surface area contributed by atoms with Crippen LogP contribution in [0, 0.1) is 5.92 Å². The highest BCUT2D eigenvalue weighted by Gasteiger charge is 2.23. The Bertz CT molecular complexity index is 201. The Morgan fingerprint density at radius 1 is 1.40 bits per heavy atom. The van der Waals surface area contributed by atoms with Gasteiger partial charge < -0.3 is 4.74 Å². The molecule has 10 heavy (non-hydrogen) atoms. The minimum Gasteiger partial charge on any atom is -0.493 e. The van der Waals surface area contributed by atoms with Crippen molar-refractivity contribution in [3.8, 4) is 0 Å². The quantitative estimate of drug-likeness (QED) is 0.496. The number of hydrogen-bond donors (Lipinski definition) is 0. The lowest BCUT2D eigenvalue weighted by atomic mass is 9.97. The molecule has 1 atom stereocenters. The van der Waals surface area contributed by atoms with Crippen LogP contribution in [0.5, 0.6) is 0 Å². The molecule has 1 nitrogen and oxygen atoms in total. The summed E-state index contributed by atoms with van der Waals surface area (Å²) in [4.78, 5) is 0. The molecule has 1 heteroatoms. The van der Waals surface area contributed by atoms with E-state index >= 15 is 0 Å². The molecule has 1 saturated heterocycles. The maximum atomic E-state index is 5.46. The van der Waals surface area contributed by atoms with E-state index in [1.54, 1.807) is 0 Å². The highest BCUT2D eigenvalue weighted by Crippen LogP contribution is 2.32. The van der Waals surface area contributed by atoms with Crippen LogP contribution in [-0.2, 0) is 4.74 Å². The molecular weight excluding hydrogens is 124 g/mol. The molecule has 0 aromatic rings. The average Bonchev–Trinajstić information content (AvgIpc) is 2.34. The standard InChI is InChI=1S/C9H12O/c1-7-6-10-9-5-3-2-4-8(7)9/h4-5,7H,2-3,6H2,1H3. The van der Waals surface area contributed by atoms with Crippen LogP contribution in [0.2, 0.25) is 0 Å². The maximum absolute atomic E-state index is 5.46. The van der Waals surface area contributed by atoms with Gasteiger partial charge in [0.15, 0.2) is 0 Å². The Kier molecular flexibility index (Phi) is 1.30. The van der Waals surface area contributed by atoms with Gasteiger partial charge in [-0.25, -0.2) is 0 Å². The van der Waals surface area contributed by atoms with Crippen LogP contribution >= 0.6 is 0 Å². The lowest BCUT2D eigenvalue weighted by Crippen LogP contribution is -1.95. The molecule has 0 amide bonds. The Labute approximate surface area is 61.4 Å². The van der Waals surface area contributed by atoms with Crippen molar-refractivity contribution in [3.63, 3.8) is 0 Å². The van der Waals surface area contributed by atoms with Crippen molar-refractivity contribution in [2.45, 2.75) is 19.8 Å². The normalized spacial score (nSPS) is 30.3. The van der Waals surface area contributed by atoms with Crippen molar-refractivity contribution < 1.29 is 4.74 Å². The third-order valence-electron chi connectivity index (χ3n) is 2.16. The van der Waals surface area contributed by atoms with Crippen LogP contribution in [-0.4, -0.2) is 6.61 Å². The molecule has 2 rings (SSSR count). The number of ether oxygens (including phenoxy) is 1. The molecule has 0 spiro atoms. The van der Waals surface area contributed by atoms with E-state index in [4.69, 9.17) is 4.74 Å². The molecule has 54 valence electrons. The fourth-order valence-electron chi connectivity index (χ4n) is 1.56. The van der Waals surface area contributed by atoms with E-state index in [0.29, 0.717) is 5.92 Å². The molecule has 0 N–H and O–H groups in total. The van der Waals surface area contributed by atoms with Crippen molar-refractivity contribution in [2.24, 2.45) is 5.92 Å². The predicted octanol–water partition coefficient (Wildman–Crippen LogP) is 2.26. The number of rotatable bonds is 0. The smallest absolute Gasteiger partial charge is 0.118 e. The summed E-state index contributed by atoms with van der Waals surface area (Å²) in [5.41, 5.74) is 1.44. The van der Waals surface area contributed by atoms with Gasteiger partial charge in [-0.05, 0) is 24.5 Å². The zero-order valence-corrected chi connectivity index (χ0v) is 6.26. The summed E-state index contributed by atoms with van der Waals surface area (Å²) in [5.74, 6) is 1.78. The largest absolute Gasteiger partial charge is 0.493 e. The molecular formula is C9H12O. The second-order valence-corrected chi connectivity index (χ2v) is 3.02. The van der Waals surface area contributed by atoms with Crippen LogP contribution < -0.4 is 0 Å². The first-order chi connectivity index (χ1) is 4.88. The molecule has 0 bridgehead atoms. The number of fused-ring (bicyclic) bond motifs is 1. The first kappa shape index (κ1) is 6.02. The Morgan fingerprint density at radius 3 is 3.00 bits per heavy atom.